The molecule has 0 aliphatic carbocycles. The molecule has 0 saturated heterocycles. The molecule has 0 saturated carbocycles. The summed E-state index contributed by atoms with van der Waals surface area (Å²) < 4.78 is 0. The summed E-state index contributed by atoms with van der Waals surface area (Å²) in [4.78, 5) is 0. The van der Waals surface area contributed by atoms with Crippen LogP contribution in [0.5, 0.6) is 0 Å². The van der Waals surface area contributed by atoms with Crippen LogP contribution in [0.15, 0.2) is 146 Å². The van der Waals surface area contributed by atoms with Crippen molar-refractivity contribution in [1.82, 2.24) is 0 Å². The summed E-state index contributed by atoms with van der Waals surface area (Å²) in [7, 11) is -1.21. The van der Waals surface area contributed by atoms with Crippen molar-refractivity contribution in [3.8, 4) is 0 Å². The Balaban J connectivity index is 1.67. The summed E-state index contributed by atoms with van der Waals surface area (Å²) >= 11 is 0. The van der Waals surface area contributed by atoms with Gasteiger partial charge in [0.05, 0.1) is 0 Å². The van der Waals surface area contributed by atoms with Gasteiger partial charge in [0, 0.05) is 5.66 Å². The summed E-state index contributed by atoms with van der Waals surface area (Å²) in [6.45, 7) is 2.42. The first kappa shape index (κ1) is 22.7. The Labute approximate surface area is 205 Å². The van der Waals surface area contributed by atoms with E-state index in [1.165, 1.54) is 32.1 Å². The zero-order valence-corrected chi connectivity index (χ0v) is 21.1. The maximum Gasteiger partial charge on any atom is 0.0100 e. The van der Waals surface area contributed by atoms with E-state index in [4.69, 9.17) is 0 Å². The summed E-state index contributed by atoms with van der Waals surface area (Å²) in [5, 5.41) is 7.10. The van der Waals surface area contributed by atoms with Gasteiger partial charge >= 0.3 is 0 Å². The maximum atomic E-state index is 2.42. The first-order chi connectivity index (χ1) is 16.8. The van der Waals surface area contributed by atoms with Crippen LogP contribution in [0.25, 0.3) is 0 Å². The van der Waals surface area contributed by atoms with Gasteiger partial charge in [0.1, 0.15) is 0 Å². The van der Waals surface area contributed by atoms with Crippen molar-refractivity contribution in [2.75, 3.05) is 0 Å². The molecule has 0 heterocycles. The third-order valence-electron chi connectivity index (χ3n) is 6.11. The van der Waals surface area contributed by atoms with Crippen molar-refractivity contribution < 1.29 is 0 Å². The summed E-state index contributed by atoms with van der Waals surface area (Å²) in [5.41, 5.74) is 1.84. The molecule has 5 aromatic rings. The normalized spacial score (nSPS) is 12.1. The fourth-order valence-corrected chi connectivity index (χ4v) is 9.88. The fourth-order valence-electron chi connectivity index (χ4n) is 4.54. The summed E-state index contributed by atoms with van der Waals surface area (Å²) in [5.74, 6) is 0. The van der Waals surface area contributed by atoms with Crippen LogP contribution in [-0.2, 0) is 0 Å². The molecule has 0 fully saturated rings. The lowest BCUT2D eigenvalue weighted by atomic mass is 10.2. The Morgan fingerprint density at radius 3 is 1.21 bits per heavy atom. The second-order valence-electron chi connectivity index (χ2n) is 8.28. The van der Waals surface area contributed by atoms with Gasteiger partial charge in [-0.05, 0) is 47.9 Å². The Morgan fingerprint density at radius 2 is 0.765 bits per heavy atom. The van der Waals surface area contributed by atoms with Gasteiger partial charge in [-0.1, -0.05) is 153 Å². The van der Waals surface area contributed by atoms with Crippen LogP contribution in [0.4, 0.5) is 0 Å². The highest BCUT2D eigenvalue weighted by molar-refractivity contribution is 7.80. The molecule has 0 aromatic heterocycles. The molecule has 2 heteroatoms. The van der Waals surface area contributed by atoms with Gasteiger partial charge in [0.25, 0.3) is 0 Å². The molecule has 0 nitrogen and oxygen atoms in total. The van der Waals surface area contributed by atoms with Gasteiger partial charge in [-0.3, -0.25) is 0 Å². The summed E-state index contributed by atoms with van der Waals surface area (Å²) in [6, 6.07) is 53.3. The lowest BCUT2D eigenvalue weighted by molar-refractivity contribution is 1.10. The average Bonchev–Trinajstić information content (AvgIpc) is 2.92. The number of benzene rings is 5. The quantitative estimate of drug-likeness (QED) is 0.232. The third-order valence-corrected chi connectivity index (χ3v) is 11.4. The second-order valence-corrected chi connectivity index (χ2v) is 13.0. The molecule has 34 heavy (non-hydrogen) atoms. The van der Waals surface area contributed by atoms with Crippen molar-refractivity contribution in [2.24, 2.45) is 0 Å². The highest BCUT2D eigenvalue weighted by atomic mass is 31.1. The van der Waals surface area contributed by atoms with Crippen LogP contribution in [0.1, 0.15) is 18.1 Å². The van der Waals surface area contributed by atoms with Crippen LogP contribution in [0.3, 0.4) is 0 Å². The molecule has 166 valence electrons. The zero-order chi connectivity index (χ0) is 23.2. The van der Waals surface area contributed by atoms with Gasteiger partial charge < -0.3 is 0 Å². The Hall–Kier alpha value is -3.04. The number of hydrogen-bond donors (Lipinski definition) is 0. The molecule has 0 bridgehead atoms. The molecule has 0 unspecified atom stereocenters. The van der Waals surface area contributed by atoms with E-state index in [9.17, 15) is 0 Å². The molecule has 5 aromatic carbocycles. The van der Waals surface area contributed by atoms with Crippen molar-refractivity contribution >= 4 is 42.4 Å². The SMILES string of the molecule is C[C@H](c1ccccc1P(c1ccccc1)c1ccccc1)P(c1ccccc1)c1ccccc1. The minimum absolute atomic E-state index is 0.383. The third kappa shape index (κ3) is 4.90. The van der Waals surface area contributed by atoms with Crippen molar-refractivity contribution in [2.45, 2.75) is 12.6 Å². The maximum absolute atomic E-state index is 2.42. The van der Waals surface area contributed by atoms with Gasteiger partial charge in [-0.2, -0.15) is 0 Å². The molecular weight excluding hydrogens is 446 g/mol. The Bertz CT molecular complexity index is 1220. The molecule has 0 aliphatic heterocycles. The Morgan fingerprint density at radius 1 is 0.412 bits per heavy atom. The van der Waals surface area contributed by atoms with Crippen LogP contribution < -0.4 is 26.5 Å². The van der Waals surface area contributed by atoms with Gasteiger partial charge in [-0.25, -0.2) is 0 Å². The molecule has 1 atom stereocenters. The molecule has 0 amide bonds. The molecule has 0 spiro atoms. The zero-order valence-electron chi connectivity index (χ0n) is 19.3. The number of hydrogen-bond acceptors (Lipinski definition) is 0. The molecule has 0 N–H and O–H groups in total. The van der Waals surface area contributed by atoms with Crippen LogP contribution >= 0.6 is 15.8 Å². The van der Waals surface area contributed by atoms with Gasteiger partial charge in [0.2, 0.25) is 0 Å². The lowest BCUT2D eigenvalue weighted by Gasteiger charge is -2.30. The van der Waals surface area contributed by atoms with E-state index >= 15 is 0 Å². The largest absolute Gasteiger partial charge is 0.0622 e. The van der Waals surface area contributed by atoms with E-state index in [0.29, 0.717) is 5.66 Å². The van der Waals surface area contributed by atoms with E-state index < -0.39 is 15.8 Å². The predicted octanol–water partition coefficient (Wildman–Crippen LogP) is 6.64. The van der Waals surface area contributed by atoms with Gasteiger partial charge in [0.15, 0.2) is 0 Å². The van der Waals surface area contributed by atoms with Crippen LogP contribution in [-0.4, -0.2) is 0 Å². The standard InChI is InChI=1S/C32H28P2/c1-26(33(27-16-6-2-7-17-27)28-18-8-3-9-19-28)31-24-14-15-25-32(31)34(29-20-10-4-11-21-29)30-22-12-5-13-23-30/h2-26H,1H3/t26-/m1/s1. The van der Waals surface area contributed by atoms with Gasteiger partial charge in [-0.15, -0.1) is 0 Å². The monoisotopic (exact) mass is 474 g/mol. The van der Waals surface area contributed by atoms with E-state index in [0.717, 1.165) is 0 Å². The van der Waals surface area contributed by atoms with Crippen molar-refractivity contribution in [3.05, 3.63) is 151 Å². The molecule has 0 aliphatic rings. The summed E-state index contributed by atoms with van der Waals surface area (Å²) in [6.07, 6.45) is 0. The van der Waals surface area contributed by atoms with E-state index in [-0.39, 0.29) is 0 Å². The first-order valence-electron chi connectivity index (χ1n) is 11.7. The van der Waals surface area contributed by atoms with E-state index in [1.54, 1.807) is 0 Å². The van der Waals surface area contributed by atoms with E-state index in [2.05, 4.69) is 153 Å². The van der Waals surface area contributed by atoms with Crippen molar-refractivity contribution in [1.29, 1.82) is 0 Å². The molecular formula is C32H28P2. The van der Waals surface area contributed by atoms with E-state index in [1.807, 2.05) is 0 Å². The Kier molecular flexibility index (Phi) is 7.31. The fraction of sp³-hybridized carbons (Fsp3) is 0.0625. The van der Waals surface area contributed by atoms with Crippen LogP contribution in [0.2, 0.25) is 0 Å². The average molecular weight is 475 g/mol. The smallest absolute Gasteiger partial charge is 0.0100 e. The lowest BCUT2D eigenvalue weighted by Crippen LogP contribution is -2.25. The first-order valence-corrected chi connectivity index (χ1v) is 14.5. The second kappa shape index (κ2) is 10.9. The van der Waals surface area contributed by atoms with Crippen LogP contribution in [0, 0.1) is 0 Å². The topological polar surface area (TPSA) is 0 Å². The highest BCUT2D eigenvalue weighted by Crippen LogP contribution is 2.50. The minimum atomic E-state index is -0.651. The predicted molar refractivity (Wildman–Crippen MR) is 153 cm³/mol. The minimum Gasteiger partial charge on any atom is -0.0622 e. The highest BCUT2D eigenvalue weighted by Gasteiger charge is 2.27. The number of rotatable bonds is 7. The molecule has 0 radical (unpaired) electrons. The molecule has 5 rings (SSSR count). The van der Waals surface area contributed by atoms with Crippen molar-refractivity contribution in [3.63, 3.8) is 0 Å².